The van der Waals surface area contributed by atoms with Gasteiger partial charge in [-0.25, -0.2) is 0 Å². The van der Waals surface area contributed by atoms with Crippen molar-refractivity contribution in [1.29, 1.82) is 0 Å². The van der Waals surface area contributed by atoms with Crippen LogP contribution in [0.5, 0.6) is 5.75 Å². The van der Waals surface area contributed by atoms with E-state index >= 15 is 0 Å². The molecule has 2 aromatic rings. The lowest BCUT2D eigenvalue weighted by Crippen LogP contribution is -2.50. The first-order valence-corrected chi connectivity index (χ1v) is 10.7. The molecule has 162 valence electrons. The van der Waals surface area contributed by atoms with Gasteiger partial charge in [0.25, 0.3) is 0 Å². The summed E-state index contributed by atoms with van der Waals surface area (Å²) in [5.74, 6) is 0.668. The van der Waals surface area contributed by atoms with E-state index in [1.807, 2.05) is 82.3 Å². The van der Waals surface area contributed by atoms with Gasteiger partial charge in [-0.1, -0.05) is 55.0 Å². The molecule has 2 rings (SSSR count). The number of nitrogens with zero attached hydrogens (tertiary/aromatic N) is 1. The minimum absolute atomic E-state index is 0.0304. The highest BCUT2D eigenvalue weighted by Crippen LogP contribution is 2.16. The summed E-state index contributed by atoms with van der Waals surface area (Å²) in [6.45, 7) is 8.71. The van der Waals surface area contributed by atoms with Crippen molar-refractivity contribution in [3.8, 4) is 5.75 Å². The number of nitrogens with one attached hydrogen (secondary N) is 1. The lowest BCUT2D eigenvalue weighted by molar-refractivity contribution is -0.141. The standard InChI is InChI=1S/C25H34N2O3/c1-5-23(25(29)26-19(2)3)27(18-21-10-7-6-8-11-21)24(28)12-9-17-30-22-15-13-20(4)14-16-22/h6-8,10-11,13-16,19,23H,5,9,12,17-18H2,1-4H3,(H,26,29). The summed E-state index contributed by atoms with van der Waals surface area (Å²) in [6.07, 6.45) is 1.50. The molecule has 1 atom stereocenters. The Hall–Kier alpha value is -2.82. The Morgan fingerprint density at radius 2 is 1.70 bits per heavy atom. The van der Waals surface area contributed by atoms with Crippen LogP contribution in [0.15, 0.2) is 54.6 Å². The Labute approximate surface area is 180 Å². The third kappa shape index (κ3) is 7.54. The first-order valence-electron chi connectivity index (χ1n) is 10.7. The van der Waals surface area contributed by atoms with Gasteiger partial charge in [-0.2, -0.15) is 0 Å². The number of hydrogen-bond donors (Lipinski definition) is 1. The number of carbonyl (C=O) groups excluding carboxylic acids is 2. The van der Waals surface area contributed by atoms with Crippen molar-refractivity contribution < 1.29 is 14.3 Å². The van der Waals surface area contributed by atoms with Crippen LogP contribution in [0.1, 0.15) is 51.2 Å². The second-order valence-corrected chi connectivity index (χ2v) is 7.86. The van der Waals surface area contributed by atoms with Crippen LogP contribution in [0.4, 0.5) is 0 Å². The molecule has 1 N–H and O–H groups in total. The summed E-state index contributed by atoms with van der Waals surface area (Å²) in [6, 6.07) is 17.2. The highest BCUT2D eigenvalue weighted by atomic mass is 16.5. The fraction of sp³-hybridized carbons (Fsp3) is 0.440. The van der Waals surface area contributed by atoms with Crippen molar-refractivity contribution in [2.45, 2.75) is 65.6 Å². The number of rotatable bonds is 11. The van der Waals surface area contributed by atoms with E-state index in [1.165, 1.54) is 5.56 Å². The molecule has 0 aliphatic carbocycles. The number of aryl methyl sites for hydroxylation is 1. The van der Waals surface area contributed by atoms with Crippen molar-refractivity contribution in [3.63, 3.8) is 0 Å². The van der Waals surface area contributed by atoms with Crippen molar-refractivity contribution >= 4 is 11.8 Å². The van der Waals surface area contributed by atoms with Gasteiger partial charge < -0.3 is 15.0 Å². The minimum Gasteiger partial charge on any atom is -0.494 e. The van der Waals surface area contributed by atoms with E-state index in [-0.39, 0.29) is 17.9 Å². The third-order valence-electron chi connectivity index (χ3n) is 4.84. The summed E-state index contributed by atoms with van der Waals surface area (Å²) in [5.41, 5.74) is 2.19. The smallest absolute Gasteiger partial charge is 0.243 e. The zero-order chi connectivity index (χ0) is 21.9. The van der Waals surface area contributed by atoms with Crippen LogP contribution in [0, 0.1) is 6.92 Å². The van der Waals surface area contributed by atoms with Gasteiger partial charge in [-0.15, -0.1) is 0 Å². The monoisotopic (exact) mass is 410 g/mol. The highest BCUT2D eigenvalue weighted by molar-refractivity contribution is 5.87. The fourth-order valence-electron chi connectivity index (χ4n) is 3.27. The molecule has 2 aromatic carbocycles. The Bertz CT molecular complexity index is 788. The maximum absolute atomic E-state index is 13.1. The summed E-state index contributed by atoms with van der Waals surface area (Å²) in [4.78, 5) is 27.5. The van der Waals surface area contributed by atoms with Crippen LogP contribution in [0.3, 0.4) is 0 Å². The molecule has 0 bridgehead atoms. The van der Waals surface area contributed by atoms with E-state index in [0.29, 0.717) is 32.4 Å². The zero-order valence-corrected chi connectivity index (χ0v) is 18.6. The Balaban J connectivity index is 2.01. The molecule has 0 radical (unpaired) electrons. The van der Waals surface area contributed by atoms with Crippen molar-refractivity contribution in [2.24, 2.45) is 0 Å². The molecular formula is C25H34N2O3. The SMILES string of the molecule is CCC(C(=O)NC(C)C)N(Cc1ccccc1)C(=O)CCCOc1ccc(C)cc1. The molecule has 0 saturated heterocycles. The maximum Gasteiger partial charge on any atom is 0.243 e. The summed E-state index contributed by atoms with van der Waals surface area (Å²) < 4.78 is 5.75. The Morgan fingerprint density at radius 1 is 1.03 bits per heavy atom. The molecule has 0 aliphatic heterocycles. The van der Waals surface area contributed by atoms with Crippen LogP contribution in [0.25, 0.3) is 0 Å². The molecule has 0 aliphatic rings. The predicted molar refractivity (Wildman–Crippen MR) is 120 cm³/mol. The van der Waals surface area contributed by atoms with Crippen molar-refractivity contribution in [2.75, 3.05) is 6.61 Å². The van der Waals surface area contributed by atoms with E-state index in [9.17, 15) is 9.59 Å². The Morgan fingerprint density at radius 3 is 2.30 bits per heavy atom. The van der Waals surface area contributed by atoms with Crippen LogP contribution >= 0.6 is 0 Å². The van der Waals surface area contributed by atoms with Gasteiger partial charge in [0, 0.05) is 19.0 Å². The molecule has 30 heavy (non-hydrogen) atoms. The van der Waals surface area contributed by atoms with E-state index < -0.39 is 6.04 Å². The van der Waals surface area contributed by atoms with Gasteiger partial charge in [-0.3, -0.25) is 9.59 Å². The molecule has 0 aromatic heterocycles. The molecule has 0 heterocycles. The van der Waals surface area contributed by atoms with Gasteiger partial charge in [0.05, 0.1) is 6.61 Å². The van der Waals surface area contributed by atoms with E-state index in [0.717, 1.165) is 11.3 Å². The zero-order valence-electron chi connectivity index (χ0n) is 18.6. The lowest BCUT2D eigenvalue weighted by Gasteiger charge is -2.31. The highest BCUT2D eigenvalue weighted by Gasteiger charge is 2.28. The number of hydrogen-bond acceptors (Lipinski definition) is 3. The van der Waals surface area contributed by atoms with Crippen LogP contribution in [0.2, 0.25) is 0 Å². The number of ether oxygens (including phenoxy) is 1. The summed E-state index contributed by atoms with van der Waals surface area (Å²) in [5, 5.41) is 2.95. The van der Waals surface area contributed by atoms with Gasteiger partial charge >= 0.3 is 0 Å². The van der Waals surface area contributed by atoms with E-state index in [2.05, 4.69) is 5.32 Å². The van der Waals surface area contributed by atoms with Gasteiger partial charge in [0.15, 0.2) is 0 Å². The van der Waals surface area contributed by atoms with Crippen molar-refractivity contribution in [3.05, 3.63) is 65.7 Å². The van der Waals surface area contributed by atoms with Crippen molar-refractivity contribution in [1.82, 2.24) is 10.2 Å². The summed E-state index contributed by atoms with van der Waals surface area (Å²) in [7, 11) is 0. The molecule has 1 unspecified atom stereocenters. The number of benzene rings is 2. The average Bonchev–Trinajstić information content (AvgIpc) is 2.72. The van der Waals surface area contributed by atoms with Gasteiger partial charge in [-0.05, 0) is 51.3 Å². The predicted octanol–water partition coefficient (Wildman–Crippen LogP) is 4.49. The van der Waals surface area contributed by atoms with E-state index in [1.54, 1.807) is 4.90 Å². The van der Waals surface area contributed by atoms with Crippen LogP contribution in [-0.4, -0.2) is 35.4 Å². The topological polar surface area (TPSA) is 58.6 Å². The molecule has 0 fully saturated rings. The van der Waals surface area contributed by atoms with Gasteiger partial charge in [0.2, 0.25) is 11.8 Å². The van der Waals surface area contributed by atoms with Crippen LogP contribution < -0.4 is 10.1 Å². The second-order valence-electron chi connectivity index (χ2n) is 7.86. The quantitative estimate of drug-likeness (QED) is 0.556. The number of carbonyl (C=O) groups is 2. The average molecular weight is 411 g/mol. The lowest BCUT2D eigenvalue weighted by atomic mass is 10.1. The Kier molecular flexibility index (Phi) is 9.39. The van der Waals surface area contributed by atoms with Crippen LogP contribution in [-0.2, 0) is 16.1 Å². The first kappa shape index (κ1) is 23.5. The molecule has 5 heteroatoms. The molecule has 0 spiro atoms. The van der Waals surface area contributed by atoms with E-state index in [4.69, 9.17) is 4.74 Å². The molecule has 5 nitrogen and oxygen atoms in total. The summed E-state index contributed by atoms with van der Waals surface area (Å²) >= 11 is 0. The third-order valence-corrected chi connectivity index (χ3v) is 4.84. The minimum atomic E-state index is -0.488. The first-order chi connectivity index (χ1) is 14.4. The fourth-order valence-corrected chi connectivity index (χ4v) is 3.27. The number of amides is 2. The maximum atomic E-state index is 13.1. The van der Waals surface area contributed by atoms with Gasteiger partial charge in [0.1, 0.15) is 11.8 Å². The normalized spacial score (nSPS) is 11.8. The molecule has 0 saturated carbocycles. The molecule has 2 amide bonds. The largest absolute Gasteiger partial charge is 0.494 e. The molecular weight excluding hydrogens is 376 g/mol. The second kappa shape index (κ2) is 12.0.